The van der Waals surface area contributed by atoms with Crippen LogP contribution in [0.3, 0.4) is 0 Å². The number of aryl methyl sites for hydroxylation is 1. The van der Waals surface area contributed by atoms with Crippen LogP contribution >= 0.6 is 23.6 Å². The van der Waals surface area contributed by atoms with Crippen LogP contribution in [0.4, 0.5) is 4.39 Å². The predicted octanol–water partition coefficient (Wildman–Crippen LogP) is 2.31. The molecule has 4 nitrogen and oxygen atoms in total. The van der Waals surface area contributed by atoms with E-state index >= 15 is 0 Å². The fourth-order valence-electron chi connectivity index (χ4n) is 1.69. The summed E-state index contributed by atoms with van der Waals surface area (Å²) in [6.07, 6.45) is 0. The Morgan fingerprint density at radius 2 is 2.14 bits per heavy atom. The van der Waals surface area contributed by atoms with Gasteiger partial charge in [-0.15, -0.1) is 11.3 Å². The highest BCUT2D eigenvalue weighted by molar-refractivity contribution is 7.89. The number of thiocarbonyl (C=S) groups is 1. The average molecular weight is 344 g/mol. The van der Waals surface area contributed by atoms with Crippen molar-refractivity contribution >= 4 is 38.6 Å². The molecule has 2 aromatic rings. The summed E-state index contributed by atoms with van der Waals surface area (Å²) in [7, 11) is -3.75. The Balaban J connectivity index is 2.26. The molecule has 2 rings (SSSR count). The summed E-state index contributed by atoms with van der Waals surface area (Å²) in [5.74, 6) is -0.643. The highest BCUT2D eigenvalue weighted by Gasteiger charge is 2.17. The van der Waals surface area contributed by atoms with Gasteiger partial charge in [0.2, 0.25) is 10.0 Å². The van der Waals surface area contributed by atoms with Crippen molar-refractivity contribution in [1.82, 2.24) is 4.72 Å². The zero-order valence-corrected chi connectivity index (χ0v) is 13.5. The minimum atomic E-state index is -3.75. The molecule has 0 aliphatic heterocycles. The van der Waals surface area contributed by atoms with E-state index in [0.29, 0.717) is 0 Å². The van der Waals surface area contributed by atoms with Gasteiger partial charge in [0.25, 0.3) is 0 Å². The summed E-state index contributed by atoms with van der Waals surface area (Å²) in [5, 5.41) is 1.89. The molecule has 0 spiro atoms. The SMILES string of the molecule is Cc1ccsc1CNS(=O)(=O)c1ccc(F)c(C(N)=S)c1. The molecule has 1 aromatic carbocycles. The number of rotatable bonds is 5. The number of thiophene rings is 1. The number of hydrogen-bond acceptors (Lipinski definition) is 4. The van der Waals surface area contributed by atoms with E-state index in [9.17, 15) is 12.8 Å². The molecule has 8 heteroatoms. The third-order valence-electron chi connectivity index (χ3n) is 2.90. The number of benzene rings is 1. The molecule has 112 valence electrons. The molecule has 1 aromatic heterocycles. The van der Waals surface area contributed by atoms with Crippen LogP contribution in [0.5, 0.6) is 0 Å². The second-order valence-electron chi connectivity index (χ2n) is 4.36. The van der Waals surface area contributed by atoms with Crippen molar-refractivity contribution in [1.29, 1.82) is 0 Å². The van der Waals surface area contributed by atoms with Gasteiger partial charge in [0.1, 0.15) is 10.8 Å². The van der Waals surface area contributed by atoms with Crippen molar-refractivity contribution in [3.63, 3.8) is 0 Å². The Morgan fingerprint density at radius 3 is 2.71 bits per heavy atom. The quantitative estimate of drug-likeness (QED) is 0.817. The summed E-state index contributed by atoms with van der Waals surface area (Å²) in [4.78, 5) is 0.676. The first-order chi connectivity index (χ1) is 9.81. The second kappa shape index (κ2) is 6.18. The fraction of sp³-hybridized carbons (Fsp3) is 0.154. The first-order valence-electron chi connectivity index (χ1n) is 5.93. The number of nitrogens with two attached hydrogens (primary N) is 1. The van der Waals surface area contributed by atoms with Gasteiger partial charge in [0.15, 0.2) is 0 Å². The van der Waals surface area contributed by atoms with E-state index in [2.05, 4.69) is 4.72 Å². The second-order valence-corrected chi connectivity index (χ2v) is 7.56. The molecular weight excluding hydrogens is 331 g/mol. The lowest BCUT2D eigenvalue weighted by Crippen LogP contribution is -2.24. The van der Waals surface area contributed by atoms with Crippen LogP contribution in [-0.4, -0.2) is 13.4 Å². The molecule has 0 bridgehead atoms. The standard InChI is InChI=1S/C13H13FN2O2S3/c1-8-4-5-20-12(8)7-16-21(17,18)9-2-3-11(14)10(6-9)13(15)19/h2-6,16H,7H2,1H3,(H2,15,19). The van der Waals surface area contributed by atoms with Gasteiger partial charge in [0.05, 0.1) is 4.90 Å². The third-order valence-corrected chi connectivity index (χ3v) is 5.55. The fourth-order valence-corrected chi connectivity index (χ4v) is 3.80. The van der Waals surface area contributed by atoms with Crippen molar-refractivity contribution < 1.29 is 12.8 Å². The normalized spacial score (nSPS) is 11.5. The van der Waals surface area contributed by atoms with Crippen LogP contribution in [0.1, 0.15) is 16.0 Å². The van der Waals surface area contributed by atoms with Crippen LogP contribution in [0.15, 0.2) is 34.5 Å². The summed E-state index contributed by atoms with van der Waals surface area (Å²) in [6.45, 7) is 2.09. The maximum absolute atomic E-state index is 13.5. The highest BCUT2D eigenvalue weighted by atomic mass is 32.2. The van der Waals surface area contributed by atoms with Gasteiger partial charge in [-0.05, 0) is 42.1 Å². The lowest BCUT2D eigenvalue weighted by Gasteiger charge is -2.08. The number of hydrogen-bond donors (Lipinski definition) is 2. The molecule has 0 atom stereocenters. The molecule has 0 unspecified atom stereocenters. The minimum Gasteiger partial charge on any atom is -0.389 e. The van der Waals surface area contributed by atoms with Gasteiger partial charge in [-0.1, -0.05) is 12.2 Å². The van der Waals surface area contributed by atoms with Crippen molar-refractivity contribution in [2.24, 2.45) is 5.73 Å². The molecule has 21 heavy (non-hydrogen) atoms. The monoisotopic (exact) mass is 344 g/mol. The van der Waals surface area contributed by atoms with Crippen LogP contribution in [0.25, 0.3) is 0 Å². The van der Waals surface area contributed by atoms with E-state index in [0.717, 1.165) is 22.6 Å². The molecule has 1 heterocycles. The van der Waals surface area contributed by atoms with Crippen LogP contribution in [0, 0.1) is 12.7 Å². The Kier molecular flexibility index (Phi) is 4.72. The van der Waals surface area contributed by atoms with E-state index < -0.39 is 15.8 Å². The highest BCUT2D eigenvalue weighted by Crippen LogP contribution is 2.18. The molecule has 0 saturated heterocycles. The topological polar surface area (TPSA) is 72.2 Å². The maximum atomic E-state index is 13.5. The van der Waals surface area contributed by atoms with Crippen LogP contribution < -0.4 is 10.5 Å². The van der Waals surface area contributed by atoms with Crippen molar-refractivity contribution in [2.45, 2.75) is 18.4 Å². The molecule has 0 amide bonds. The largest absolute Gasteiger partial charge is 0.389 e. The Labute approximate surface area is 131 Å². The molecule has 0 fully saturated rings. The van der Waals surface area contributed by atoms with Crippen LogP contribution in [0.2, 0.25) is 0 Å². The summed E-state index contributed by atoms with van der Waals surface area (Å²) >= 11 is 6.17. The molecule has 3 N–H and O–H groups in total. The zero-order valence-electron chi connectivity index (χ0n) is 11.1. The zero-order chi connectivity index (χ0) is 15.6. The van der Waals surface area contributed by atoms with Crippen molar-refractivity contribution in [3.05, 3.63) is 51.5 Å². The van der Waals surface area contributed by atoms with E-state index in [1.807, 2.05) is 18.4 Å². The third kappa shape index (κ3) is 3.65. The number of sulfonamides is 1. The number of halogens is 1. The minimum absolute atomic E-state index is 0.0686. The maximum Gasteiger partial charge on any atom is 0.240 e. The van der Waals surface area contributed by atoms with Crippen molar-refractivity contribution in [2.75, 3.05) is 0 Å². The van der Waals surface area contributed by atoms with Gasteiger partial charge >= 0.3 is 0 Å². The molecular formula is C13H13FN2O2S3. The Hall–Kier alpha value is -1.35. The number of nitrogens with one attached hydrogen (secondary N) is 1. The van der Waals surface area contributed by atoms with E-state index in [1.54, 1.807) is 0 Å². The Morgan fingerprint density at radius 1 is 1.43 bits per heavy atom. The average Bonchev–Trinajstić information content (AvgIpc) is 2.82. The summed E-state index contributed by atoms with van der Waals surface area (Å²) in [5.41, 5.74) is 6.31. The molecule has 0 aliphatic carbocycles. The Bertz CT molecular complexity index is 784. The molecule has 0 aliphatic rings. The van der Waals surface area contributed by atoms with Crippen LogP contribution in [-0.2, 0) is 16.6 Å². The molecule has 0 radical (unpaired) electrons. The molecule has 0 saturated carbocycles. The van der Waals surface area contributed by atoms with E-state index in [4.69, 9.17) is 18.0 Å². The first-order valence-corrected chi connectivity index (χ1v) is 8.70. The predicted molar refractivity (Wildman–Crippen MR) is 85.4 cm³/mol. The van der Waals surface area contributed by atoms with Gasteiger partial charge in [0, 0.05) is 17.0 Å². The van der Waals surface area contributed by atoms with Gasteiger partial charge in [-0.2, -0.15) is 0 Å². The van der Waals surface area contributed by atoms with Gasteiger partial charge in [-0.3, -0.25) is 0 Å². The van der Waals surface area contributed by atoms with Gasteiger partial charge in [-0.25, -0.2) is 17.5 Å². The smallest absolute Gasteiger partial charge is 0.240 e. The first kappa shape index (κ1) is 16.0. The van der Waals surface area contributed by atoms with Crippen molar-refractivity contribution in [3.8, 4) is 0 Å². The summed E-state index contributed by atoms with van der Waals surface area (Å²) in [6, 6.07) is 5.28. The summed E-state index contributed by atoms with van der Waals surface area (Å²) < 4.78 is 40.4. The van der Waals surface area contributed by atoms with Gasteiger partial charge < -0.3 is 5.73 Å². The van der Waals surface area contributed by atoms with E-state index in [-0.39, 0.29) is 22.0 Å². The lowest BCUT2D eigenvalue weighted by molar-refractivity contribution is 0.580. The lowest BCUT2D eigenvalue weighted by atomic mass is 10.2. The van der Waals surface area contributed by atoms with E-state index in [1.165, 1.54) is 17.4 Å².